The molecule has 0 aliphatic rings. The third-order valence-corrected chi connectivity index (χ3v) is 3.18. The molecule has 0 spiro atoms. The Morgan fingerprint density at radius 1 is 1.33 bits per heavy atom. The first-order valence-electron chi connectivity index (χ1n) is 5.98. The summed E-state index contributed by atoms with van der Waals surface area (Å²) in [6, 6.07) is 2.45. The van der Waals surface area contributed by atoms with Gasteiger partial charge in [-0.3, -0.25) is 10.1 Å². The molecule has 1 aromatic carbocycles. The standard InChI is InChI=1S/C13H14BrFN2O4/c1-6(2)10(11(18)17-13(16)20)21-12(19)8-5-7(15)3-4-9(8)14/h3-6,10H,1-2H3,(H3,16,17,18,20)/t10-/m0/s1. The lowest BCUT2D eigenvalue weighted by atomic mass is 10.1. The fourth-order valence-electron chi connectivity index (χ4n) is 1.52. The van der Waals surface area contributed by atoms with E-state index in [0.29, 0.717) is 4.47 Å². The molecular formula is C13H14BrFN2O4. The number of imide groups is 1. The van der Waals surface area contributed by atoms with Crippen LogP contribution < -0.4 is 11.1 Å². The molecular weight excluding hydrogens is 347 g/mol. The average Bonchev–Trinajstić information content (AvgIpc) is 2.37. The highest BCUT2D eigenvalue weighted by atomic mass is 79.9. The van der Waals surface area contributed by atoms with Gasteiger partial charge in [0.1, 0.15) is 5.82 Å². The number of hydrogen-bond acceptors (Lipinski definition) is 4. The fourth-order valence-corrected chi connectivity index (χ4v) is 1.93. The molecule has 21 heavy (non-hydrogen) atoms. The van der Waals surface area contributed by atoms with Crippen molar-refractivity contribution in [2.24, 2.45) is 11.7 Å². The summed E-state index contributed by atoms with van der Waals surface area (Å²) in [5.74, 6) is -2.74. The topological polar surface area (TPSA) is 98.5 Å². The van der Waals surface area contributed by atoms with Crippen molar-refractivity contribution in [2.75, 3.05) is 0 Å². The summed E-state index contributed by atoms with van der Waals surface area (Å²) >= 11 is 3.09. The van der Waals surface area contributed by atoms with Crippen LogP contribution in [0.1, 0.15) is 24.2 Å². The highest BCUT2D eigenvalue weighted by Gasteiger charge is 2.28. The molecule has 0 saturated heterocycles. The molecule has 3 N–H and O–H groups in total. The molecule has 1 rings (SSSR count). The molecule has 0 radical (unpaired) electrons. The van der Waals surface area contributed by atoms with Crippen LogP contribution in [0.5, 0.6) is 0 Å². The number of urea groups is 1. The van der Waals surface area contributed by atoms with Gasteiger partial charge in [-0.05, 0) is 40.0 Å². The van der Waals surface area contributed by atoms with Gasteiger partial charge >= 0.3 is 12.0 Å². The van der Waals surface area contributed by atoms with Gasteiger partial charge in [-0.15, -0.1) is 0 Å². The second-order valence-corrected chi connectivity index (χ2v) is 5.40. The Hall–Kier alpha value is -1.96. The zero-order valence-electron chi connectivity index (χ0n) is 11.4. The SMILES string of the molecule is CC(C)[C@H](OC(=O)c1cc(F)ccc1Br)C(=O)NC(N)=O. The maximum atomic E-state index is 13.2. The third-order valence-electron chi connectivity index (χ3n) is 2.49. The van der Waals surface area contributed by atoms with E-state index in [2.05, 4.69) is 15.9 Å². The van der Waals surface area contributed by atoms with E-state index in [1.807, 2.05) is 5.32 Å². The van der Waals surface area contributed by atoms with Gasteiger partial charge in [-0.2, -0.15) is 0 Å². The Bertz CT molecular complexity index is 577. The second kappa shape index (κ2) is 7.16. The van der Waals surface area contributed by atoms with Crippen LogP contribution in [0, 0.1) is 11.7 Å². The summed E-state index contributed by atoms with van der Waals surface area (Å²) in [7, 11) is 0. The number of nitrogens with two attached hydrogens (primary N) is 1. The van der Waals surface area contributed by atoms with Gasteiger partial charge in [-0.25, -0.2) is 14.0 Å². The Kier molecular flexibility index (Phi) is 5.83. The molecule has 8 heteroatoms. The lowest BCUT2D eigenvalue weighted by molar-refractivity contribution is -0.130. The lowest BCUT2D eigenvalue weighted by Gasteiger charge is -2.20. The van der Waals surface area contributed by atoms with E-state index in [1.54, 1.807) is 13.8 Å². The summed E-state index contributed by atoms with van der Waals surface area (Å²) < 4.78 is 18.5. The molecule has 1 aromatic rings. The summed E-state index contributed by atoms with van der Waals surface area (Å²) in [5, 5.41) is 1.84. The Morgan fingerprint density at radius 2 is 1.95 bits per heavy atom. The van der Waals surface area contributed by atoms with Crippen LogP contribution in [0.4, 0.5) is 9.18 Å². The van der Waals surface area contributed by atoms with E-state index in [0.717, 1.165) is 6.07 Å². The summed E-state index contributed by atoms with van der Waals surface area (Å²) in [4.78, 5) is 34.4. The van der Waals surface area contributed by atoms with Crippen molar-refractivity contribution in [2.45, 2.75) is 20.0 Å². The molecule has 0 saturated carbocycles. The second-order valence-electron chi connectivity index (χ2n) is 4.55. The van der Waals surface area contributed by atoms with Gasteiger partial charge < -0.3 is 10.5 Å². The number of halogens is 2. The number of nitrogens with one attached hydrogen (secondary N) is 1. The third kappa shape index (κ3) is 4.82. The van der Waals surface area contributed by atoms with E-state index in [-0.39, 0.29) is 5.56 Å². The van der Waals surface area contributed by atoms with Crippen molar-refractivity contribution in [1.29, 1.82) is 0 Å². The average molecular weight is 361 g/mol. The maximum Gasteiger partial charge on any atom is 0.340 e. The van der Waals surface area contributed by atoms with E-state index < -0.39 is 35.7 Å². The Balaban J connectivity index is 2.93. The van der Waals surface area contributed by atoms with Gasteiger partial charge in [0.05, 0.1) is 5.56 Å². The minimum Gasteiger partial charge on any atom is -0.448 e. The fraction of sp³-hybridized carbons (Fsp3) is 0.308. The smallest absolute Gasteiger partial charge is 0.340 e. The highest BCUT2D eigenvalue weighted by Crippen LogP contribution is 2.20. The van der Waals surface area contributed by atoms with Gasteiger partial charge in [-0.1, -0.05) is 13.8 Å². The summed E-state index contributed by atoms with van der Waals surface area (Å²) in [6.07, 6.45) is -1.22. The molecule has 0 unspecified atom stereocenters. The van der Waals surface area contributed by atoms with Crippen LogP contribution in [0.25, 0.3) is 0 Å². The molecule has 6 nitrogen and oxygen atoms in total. The monoisotopic (exact) mass is 360 g/mol. The Morgan fingerprint density at radius 3 is 2.48 bits per heavy atom. The van der Waals surface area contributed by atoms with Crippen LogP contribution in [-0.2, 0) is 9.53 Å². The predicted octanol–water partition coefficient (Wildman–Crippen LogP) is 1.96. The van der Waals surface area contributed by atoms with Crippen LogP contribution >= 0.6 is 15.9 Å². The van der Waals surface area contributed by atoms with E-state index in [9.17, 15) is 18.8 Å². The maximum absolute atomic E-state index is 13.2. The minimum atomic E-state index is -1.22. The zero-order chi connectivity index (χ0) is 16.2. The van der Waals surface area contributed by atoms with E-state index in [1.165, 1.54) is 12.1 Å². The minimum absolute atomic E-state index is 0.0625. The van der Waals surface area contributed by atoms with Gasteiger partial charge in [0.2, 0.25) is 0 Å². The number of amides is 3. The molecule has 0 bridgehead atoms. The largest absolute Gasteiger partial charge is 0.448 e. The quantitative estimate of drug-likeness (QED) is 0.801. The molecule has 0 aliphatic heterocycles. The van der Waals surface area contributed by atoms with E-state index in [4.69, 9.17) is 10.5 Å². The number of ether oxygens (including phenoxy) is 1. The number of primary amides is 1. The van der Waals surface area contributed by atoms with Crippen molar-refractivity contribution in [1.82, 2.24) is 5.32 Å². The molecule has 0 heterocycles. The summed E-state index contributed by atoms with van der Waals surface area (Å²) in [6.45, 7) is 3.25. The first-order chi connectivity index (χ1) is 9.72. The number of carbonyl (C=O) groups excluding carboxylic acids is 3. The van der Waals surface area contributed by atoms with Crippen LogP contribution in [0.3, 0.4) is 0 Å². The van der Waals surface area contributed by atoms with Crippen LogP contribution in [0.15, 0.2) is 22.7 Å². The van der Waals surface area contributed by atoms with Crippen molar-refractivity contribution in [3.05, 3.63) is 34.1 Å². The van der Waals surface area contributed by atoms with Crippen LogP contribution in [-0.4, -0.2) is 24.0 Å². The number of benzene rings is 1. The molecule has 0 fully saturated rings. The molecule has 0 aromatic heterocycles. The number of carbonyl (C=O) groups is 3. The number of esters is 1. The van der Waals surface area contributed by atoms with Gasteiger partial charge in [0, 0.05) is 4.47 Å². The van der Waals surface area contributed by atoms with Gasteiger partial charge in [0.15, 0.2) is 6.10 Å². The highest BCUT2D eigenvalue weighted by molar-refractivity contribution is 9.10. The molecule has 114 valence electrons. The summed E-state index contributed by atoms with van der Waals surface area (Å²) in [5.41, 5.74) is 4.79. The normalized spacial score (nSPS) is 11.9. The molecule has 0 aliphatic carbocycles. The lowest BCUT2D eigenvalue weighted by Crippen LogP contribution is -2.45. The van der Waals surface area contributed by atoms with Crippen molar-refractivity contribution in [3.63, 3.8) is 0 Å². The van der Waals surface area contributed by atoms with Crippen LogP contribution in [0.2, 0.25) is 0 Å². The van der Waals surface area contributed by atoms with E-state index >= 15 is 0 Å². The zero-order valence-corrected chi connectivity index (χ0v) is 12.9. The predicted molar refractivity (Wildman–Crippen MR) is 75.9 cm³/mol. The number of hydrogen-bond donors (Lipinski definition) is 2. The first kappa shape index (κ1) is 17.1. The molecule has 1 atom stereocenters. The van der Waals surface area contributed by atoms with Crippen molar-refractivity contribution < 1.29 is 23.5 Å². The number of rotatable bonds is 4. The Labute approximate surface area is 129 Å². The molecule has 3 amide bonds. The van der Waals surface area contributed by atoms with Crippen molar-refractivity contribution >= 4 is 33.8 Å². The van der Waals surface area contributed by atoms with Crippen molar-refractivity contribution in [3.8, 4) is 0 Å². The van der Waals surface area contributed by atoms with Gasteiger partial charge in [0.25, 0.3) is 5.91 Å². The first-order valence-corrected chi connectivity index (χ1v) is 6.78.